The third-order valence-corrected chi connectivity index (χ3v) is 6.64. The fraction of sp³-hybridized carbons (Fsp3) is 0.333. The smallest absolute Gasteiger partial charge is 0.329 e. The van der Waals surface area contributed by atoms with Crippen LogP contribution in [0, 0.1) is 0 Å². The Balaban J connectivity index is 1.57. The Kier molecular flexibility index (Phi) is 7.39. The van der Waals surface area contributed by atoms with Crippen LogP contribution < -0.4 is 4.90 Å². The Bertz CT molecular complexity index is 924. The van der Waals surface area contributed by atoms with Crippen molar-refractivity contribution in [2.75, 3.05) is 24.2 Å². The molecule has 1 unspecified atom stereocenters. The van der Waals surface area contributed by atoms with Crippen LogP contribution in [0.25, 0.3) is 0 Å². The van der Waals surface area contributed by atoms with Crippen LogP contribution in [0.2, 0.25) is 10.0 Å². The van der Waals surface area contributed by atoms with Gasteiger partial charge < -0.3 is 9.64 Å². The predicted molar refractivity (Wildman–Crippen MR) is 116 cm³/mol. The molecular formula is C18H18Cl2N4O3S2. The maximum absolute atomic E-state index is 12.5. The van der Waals surface area contributed by atoms with Crippen molar-refractivity contribution in [2.24, 2.45) is 0 Å². The number of ether oxygens (including phenoxy) is 1. The van der Waals surface area contributed by atoms with E-state index in [1.165, 1.54) is 32.9 Å². The lowest BCUT2D eigenvalue weighted by molar-refractivity contribution is -0.147. The van der Waals surface area contributed by atoms with E-state index in [0.29, 0.717) is 27.4 Å². The Hall–Kier alpha value is -1.81. The summed E-state index contributed by atoms with van der Waals surface area (Å²) in [5.74, 6) is 0.113. The minimum atomic E-state index is -0.737. The minimum Gasteiger partial charge on any atom is -0.439 e. The van der Waals surface area contributed by atoms with Crippen molar-refractivity contribution >= 4 is 63.4 Å². The second-order valence-corrected chi connectivity index (χ2v) is 9.15. The number of likely N-dealkylation sites (N-methyl/N-ethyl adjacent to an activating group) is 1. The zero-order valence-corrected chi connectivity index (χ0v) is 18.7. The SMILES string of the molecule is C=CCc1nnc(N2C(=O)N(C)CC2OC(=O)CCSc2ccc(Cl)c(Cl)c2)s1. The van der Waals surface area contributed by atoms with Gasteiger partial charge in [0.15, 0.2) is 0 Å². The summed E-state index contributed by atoms with van der Waals surface area (Å²) in [5, 5.41) is 10.2. The average molecular weight is 473 g/mol. The Morgan fingerprint density at radius 1 is 1.41 bits per heavy atom. The first-order valence-electron chi connectivity index (χ1n) is 8.64. The van der Waals surface area contributed by atoms with E-state index in [1.807, 2.05) is 6.07 Å². The van der Waals surface area contributed by atoms with Crippen molar-refractivity contribution in [1.29, 1.82) is 0 Å². The fourth-order valence-electron chi connectivity index (χ4n) is 2.57. The molecule has 7 nitrogen and oxygen atoms in total. The Morgan fingerprint density at radius 3 is 2.93 bits per heavy atom. The van der Waals surface area contributed by atoms with Gasteiger partial charge in [-0.05, 0) is 18.2 Å². The van der Waals surface area contributed by atoms with Crippen LogP contribution in [-0.2, 0) is 16.0 Å². The molecule has 2 amide bonds. The molecule has 154 valence electrons. The van der Waals surface area contributed by atoms with E-state index in [2.05, 4.69) is 16.8 Å². The highest BCUT2D eigenvalue weighted by molar-refractivity contribution is 7.99. The molecule has 1 atom stereocenters. The number of allylic oxidation sites excluding steroid dienone is 1. The van der Waals surface area contributed by atoms with Gasteiger partial charge in [-0.2, -0.15) is 0 Å². The first-order valence-corrected chi connectivity index (χ1v) is 11.2. The molecule has 0 saturated carbocycles. The molecule has 2 aromatic rings. The van der Waals surface area contributed by atoms with E-state index >= 15 is 0 Å². The lowest BCUT2D eigenvalue weighted by Crippen LogP contribution is -2.37. The summed E-state index contributed by atoms with van der Waals surface area (Å²) >= 11 is 14.6. The normalized spacial score (nSPS) is 16.4. The van der Waals surface area contributed by atoms with E-state index in [0.717, 1.165) is 9.90 Å². The van der Waals surface area contributed by atoms with E-state index in [-0.39, 0.29) is 19.0 Å². The number of amides is 2. The summed E-state index contributed by atoms with van der Waals surface area (Å²) in [6.45, 7) is 3.93. The number of nitrogens with zero attached hydrogens (tertiary/aromatic N) is 4. The van der Waals surface area contributed by atoms with Gasteiger partial charge in [0, 0.05) is 24.1 Å². The quantitative estimate of drug-likeness (QED) is 0.319. The topological polar surface area (TPSA) is 75.6 Å². The molecule has 0 spiro atoms. The largest absolute Gasteiger partial charge is 0.439 e. The first kappa shape index (κ1) is 21.9. The summed E-state index contributed by atoms with van der Waals surface area (Å²) < 4.78 is 5.55. The van der Waals surface area contributed by atoms with Crippen LogP contribution in [-0.4, -0.2) is 52.7 Å². The molecule has 1 saturated heterocycles. The summed E-state index contributed by atoms with van der Waals surface area (Å²) in [5.41, 5.74) is 0. The molecule has 3 rings (SSSR count). The molecule has 1 aliphatic rings. The molecule has 1 aromatic heterocycles. The number of carbonyl (C=O) groups is 2. The van der Waals surface area contributed by atoms with Crippen LogP contribution in [0.1, 0.15) is 11.4 Å². The van der Waals surface area contributed by atoms with E-state index in [1.54, 1.807) is 25.3 Å². The lowest BCUT2D eigenvalue weighted by Gasteiger charge is -2.19. The van der Waals surface area contributed by atoms with E-state index in [9.17, 15) is 9.59 Å². The highest BCUT2D eigenvalue weighted by Gasteiger charge is 2.40. The third-order valence-electron chi connectivity index (χ3n) is 3.97. The molecular weight excluding hydrogens is 455 g/mol. The summed E-state index contributed by atoms with van der Waals surface area (Å²) in [7, 11) is 1.65. The maximum atomic E-state index is 12.5. The monoisotopic (exact) mass is 472 g/mol. The molecule has 1 fully saturated rings. The van der Waals surface area contributed by atoms with Crippen LogP contribution in [0.3, 0.4) is 0 Å². The number of rotatable bonds is 8. The average Bonchev–Trinajstić information content (AvgIpc) is 3.23. The first-order chi connectivity index (χ1) is 13.9. The van der Waals surface area contributed by atoms with Crippen molar-refractivity contribution in [1.82, 2.24) is 15.1 Å². The number of hydrogen-bond donors (Lipinski definition) is 0. The molecule has 11 heteroatoms. The molecule has 0 radical (unpaired) electrons. The van der Waals surface area contributed by atoms with Gasteiger partial charge in [-0.3, -0.25) is 4.79 Å². The number of benzene rings is 1. The van der Waals surface area contributed by atoms with Gasteiger partial charge in [0.1, 0.15) is 5.01 Å². The lowest BCUT2D eigenvalue weighted by atomic mass is 10.4. The number of thioether (sulfide) groups is 1. The number of hydrogen-bond acceptors (Lipinski definition) is 7. The second-order valence-electron chi connectivity index (χ2n) is 6.12. The number of esters is 1. The third kappa shape index (κ3) is 5.42. The Labute approximate surface area is 186 Å². The maximum Gasteiger partial charge on any atom is 0.329 e. The van der Waals surface area contributed by atoms with E-state index in [4.69, 9.17) is 27.9 Å². The van der Waals surface area contributed by atoms with Crippen molar-refractivity contribution in [3.05, 3.63) is 45.9 Å². The van der Waals surface area contributed by atoms with Gasteiger partial charge >= 0.3 is 12.0 Å². The predicted octanol–water partition coefficient (Wildman–Crippen LogP) is 4.50. The molecule has 1 aromatic carbocycles. The van der Waals surface area contributed by atoms with Crippen molar-refractivity contribution in [2.45, 2.75) is 24.0 Å². The standard InChI is InChI=1S/C18H18Cl2N4O3S2/c1-3-4-14-21-22-17(29-14)24-15(10-23(2)18(24)26)27-16(25)7-8-28-11-5-6-12(19)13(20)9-11/h3,5-6,9,15H,1,4,7-8,10H2,2H3. The number of aromatic nitrogens is 2. The molecule has 0 N–H and O–H groups in total. The van der Waals surface area contributed by atoms with Crippen LogP contribution in [0.4, 0.5) is 9.93 Å². The van der Waals surface area contributed by atoms with Crippen molar-refractivity contribution in [3.8, 4) is 0 Å². The Morgan fingerprint density at radius 2 is 2.21 bits per heavy atom. The van der Waals surface area contributed by atoms with Gasteiger partial charge in [0.25, 0.3) is 0 Å². The number of urea groups is 1. The summed E-state index contributed by atoms with van der Waals surface area (Å²) in [6, 6.07) is 5.02. The van der Waals surface area contributed by atoms with Crippen molar-refractivity contribution < 1.29 is 14.3 Å². The number of anilines is 1. The van der Waals surface area contributed by atoms with Gasteiger partial charge in [-0.15, -0.1) is 28.5 Å². The van der Waals surface area contributed by atoms with Crippen molar-refractivity contribution in [3.63, 3.8) is 0 Å². The highest BCUT2D eigenvalue weighted by Crippen LogP contribution is 2.30. The van der Waals surface area contributed by atoms with Gasteiger partial charge in [-0.1, -0.05) is 40.6 Å². The molecule has 0 bridgehead atoms. The minimum absolute atomic E-state index is 0.186. The van der Waals surface area contributed by atoms with Gasteiger partial charge in [0.2, 0.25) is 11.4 Å². The molecule has 0 aliphatic carbocycles. The second kappa shape index (κ2) is 9.80. The number of halogens is 2. The van der Waals surface area contributed by atoms with Crippen LogP contribution in [0.15, 0.2) is 35.7 Å². The summed E-state index contributed by atoms with van der Waals surface area (Å²) in [4.78, 5) is 28.6. The van der Waals surface area contributed by atoms with Gasteiger partial charge in [0.05, 0.1) is 23.0 Å². The zero-order valence-electron chi connectivity index (χ0n) is 15.5. The van der Waals surface area contributed by atoms with Gasteiger partial charge in [-0.25, -0.2) is 9.69 Å². The number of carbonyl (C=O) groups excluding carboxylic acids is 2. The highest BCUT2D eigenvalue weighted by atomic mass is 35.5. The zero-order chi connectivity index (χ0) is 21.0. The summed E-state index contributed by atoms with van der Waals surface area (Å²) in [6.07, 6.45) is 1.72. The molecule has 2 heterocycles. The van der Waals surface area contributed by atoms with E-state index < -0.39 is 12.2 Å². The van der Waals surface area contributed by atoms with Crippen LogP contribution in [0.5, 0.6) is 0 Å². The van der Waals surface area contributed by atoms with Crippen LogP contribution >= 0.6 is 46.3 Å². The molecule has 1 aliphatic heterocycles. The fourth-order valence-corrected chi connectivity index (χ4v) is 4.68. The molecule has 29 heavy (non-hydrogen) atoms.